The Morgan fingerprint density at radius 1 is 1.09 bits per heavy atom. The molecule has 0 aromatic carbocycles. The molecule has 0 aromatic heterocycles. The molecule has 2 nitrogen and oxygen atoms in total. The van der Waals surface area contributed by atoms with Gasteiger partial charge in [0.05, 0.1) is 0 Å². The van der Waals surface area contributed by atoms with E-state index < -0.39 is 4.65 Å². The molecule has 0 saturated heterocycles. The zero-order chi connectivity index (χ0) is 9.07. The van der Waals surface area contributed by atoms with Gasteiger partial charge < -0.3 is 0 Å². The molecule has 11 heavy (non-hydrogen) atoms. The Labute approximate surface area is 84.2 Å². The molecule has 0 aliphatic heterocycles. The van der Waals surface area contributed by atoms with Crippen molar-refractivity contribution in [2.75, 3.05) is 0 Å². The Morgan fingerprint density at radius 3 is 1.55 bits per heavy atom. The van der Waals surface area contributed by atoms with Gasteiger partial charge in [-0.15, -0.1) is 0 Å². The molecule has 0 spiro atoms. The third-order valence-corrected chi connectivity index (χ3v) is 4.21. The average Bonchev–Trinajstić information content (AvgIpc) is 1.53. The van der Waals surface area contributed by atoms with Crippen LogP contribution in [0.1, 0.15) is 27.7 Å². The van der Waals surface area contributed by atoms with Gasteiger partial charge in [0.2, 0.25) is 0 Å². The van der Waals surface area contributed by atoms with Crippen LogP contribution in [0, 0.1) is 0 Å². The maximum atomic E-state index is 5.53. The van der Waals surface area contributed by atoms with E-state index >= 15 is 0 Å². The molecule has 0 rings (SSSR count). The first-order valence-electron chi connectivity index (χ1n) is 3.51. The van der Waals surface area contributed by atoms with E-state index in [1.807, 2.05) is 27.7 Å². The molecule has 0 heterocycles. The number of rotatable bonds is 4. The monoisotopic (exact) mass is 309 g/mol. The molecule has 68 valence electrons. The number of hydrogen-bond acceptors (Lipinski definition) is 2. The van der Waals surface area contributed by atoms with Crippen LogP contribution in [0.4, 0.5) is 0 Å². The van der Waals surface area contributed by atoms with Gasteiger partial charge in [-0.3, -0.25) is 0 Å². The Morgan fingerprint density at radius 2 is 1.36 bits per heavy atom. The third-order valence-electron chi connectivity index (χ3n) is 0.680. The molecule has 5 heteroatoms. The van der Waals surface area contributed by atoms with Crippen molar-refractivity contribution in [2.24, 2.45) is 0 Å². The van der Waals surface area contributed by atoms with E-state index in [-0.39, 0.29) is 12.2 Å². The van der Waals surface area contributed by atoms with E-state index in [0.717, 1.165) is 0 Å². The first-order chi connectivity index (χ1) is 4.83. The predicted molar refractivity (Wildman–Crippen MR) is 50.9 cm³/mol. The summed E-state index contributed by atoms with van der Waals surface area (Å²) in [5.74, 6) is 0. The van der Waals surface area contributed by atoms with Gasteiger partial charge in [-0.25, -0.2) is 0 Å². The molecule has 0 bridgehead atoms. The van der Waals surface area contributed by atoms with E-state index in [0.29, 0.717) is 0 Å². The molecular weight excluding hydrogens is 293 g/mol. The van der Waals surface area contributed by atoms with Gasteiger partial charge in [0.1, 0.15) is 0 Å². The molecule has 0 N–H and O–H groups in total. The van der Waals surface area contributed by atoms with Gasteiger partial charge in [0.25, 0.3) is 0 Å². The Balaban J connectivity index is 3.91. The van der Waals surface area contributed by atoms with Gasteiger partial charge in [-0.1, -0.05) is 0 Å². The van der Waals surface area contributed by atoms with Crippen LogP contribution in [-0.2, 0) is 9.05 Å². The summed E-state index contributed by atoms with van der Waals surface area (Å²) in [6, 6.07) is 0. The average molecular weight is 307 g/mol. The maximum absolute atomic E-state index is 5.53. The van der Waals surface area contributed by atoms with Gasteiger partial charge in [0.15, 0.2) is 0 Å². The first kappa shape index (κ1) is 12.4. The predicted octanol–water partition coefficient (Wildman–Crippen LogP) is 1.85. The molecule has 0 aromatic rings. The van der Waals surface area contributed by atoms with Crippen LogP contribution < -0.4 is 0 Å². The quantitative estimate of drug-likeness (QED) is 0.583. The first-order valence-corrected chi connectivity index (χ1v) is 9.57. The fourth-order valence-electron chi connectivity index (χ4n) is 0.541. The van der Waals surface area contributed by atoms with Crippen molar-refractivity contribution in [1.29, 1.82) is 0 Å². The van der Waals surface area contributed by atoms with Crippen molar-refractivity contribution in [1.82, 2.24) is 0 Å². The standard InChI is InChI=1S/C6H15O2PSe2/c1-5(2)7-9(10,11)8-6(3)4/h5-6H,1-4H3,(H,10,11)/p-1. The number of hydrogen-bond donors (Lipinski definition) is 0. The zero-order valence-electron chi connectivity index (χ0n) is 7.23. The van der Waals surface area contributed by atoms with Crippen LogP contribution in [0.15, 0.2) is 0 Å². The normalized spacial score (nSPS) is 13.0. The SMILES string of the molecule is CC(C)OP(=[Se])([Se-])OC(C)C. The molecule has 0 saturated carbocycles. The topological polar surface area (TPSA) is 18.5 Å². The fourth-order valence-corrected chi connectivity index (χ4v) is 5.96. The van der Waals surface area contributed by atoms with Crippen molar-refractivity contribution >= 4 is 35.3 Å². The second-order valence-corrected chi connectivity index (χ2v) is 13.6. The second-order valence-electron chi connectivity index (χ2n) is 2.76. The minimum absolute atomic E-state index is 0.199. The zero-order valence-corrected chi connectivity index (χ0v) is 11.6. The summed E-state index contributed by atoms with van der Waals surface area (Å²) < 4.78 is 9.25. The molecule has 0 amide bonds. The molecule has 0 aliphatic carbocycles. The summed E-state index contributed by atoms with van der Waals surface area (Å²) in [6.07, 6.45) is 0.397. The Bertz CT molecular complexity index is 145. The minimum atomic E-state index is -1.80. The molecule has 0 fully saturated rings. The molecular formula is C6H14O2PSe2-. The van der Waals surface area contributed by atoms with Crippen molar-refractivity contribution in [2.45, 2.75) is 39.9 Å². The summed E-state index contributed by atoms with van der Waals surface area (Å²) >= 11 is 5.85. The van der Waals surface area contributed by atoms with Crippen LogP contribution in [0.3, 0.4) is 0 Å². The van der Waals surface area contributed by atoms with E-state index in [1.165, 1.54) is 0 Å². The summed E-state index contributed by atoms with van der Waals surface area (Å²) in [5, 5.41) is 0. The van der Waals surface area contributed by atoms with Crippen LogP contribution in [0.2, 0.25) is 0 Å². The molecule has 0 aliphatic rings. The molecule has 0 atom stereocenters. The van der Waals surface area contributed by atoms with Crippen LogP contribution in [0.5, 0.6) is 0 Å². The van der Waals surface area contributed by atoms with Gasteiger partial charge >= 0.3 is 84.3 Å². The van der Waals surface area contributed by atoms with Crippen LogP contribution >= 0.6 is 4.65 Å². The van der Waals surface area contributed by atoms with E-state index in [9.17, 15) is 0 Å². The van der Waals surface area contributed by atoms with Crippen molar-refractivity contribution in [3.05, 3.63) is 0 Å². The summed E-state index contributed by atoms with van der Waals surface area (Å²) in [5.41, 5.74) is 0. The van der Waals surface area contributed by atoms with Gasteiger partial charge in [0, 0.05) is 0 Å². The van der Waals surface area contributed by atoms with Crippen molar-refractivity contribution in [3.63, 3.8) is 0 Å². The van der Waals surface area contributed by atoms with Crippen LogP contribution in [0.25, 0.3) is 0 Å². The third kappa shape index (κ3) is 7.74. The van der Waals surface area contributed by atoms with E-state index in [1.54, 1.807) is 0 Å². The van der Waals surface area contributed by atoms with Crippen molar-refractivity contribution < 1.29 is 9.05 Å². The molecule has 0 radical (unpaired) electrons. The fraction of sp³-hybridized carbons (Fsp3) is 1.00. The van der Waals surface area contributed by atoms with Gasteiger partial charge in [-0.05, 0) is 0 Å². The summed E-state index contributed by atoms with van der Waals surface area (Å²) in [6.45, 7) is 7.97. The Kier molecular flexibility index (Phi) is 5.85. The van der Waals surface area contributed by atoms with E-state index in [4.69, 9.17) is 9.05 Å². The summed E-state index contributed by atoms with van der Waals surface area (Å²) in [4.78, 5) is 0. The van der Waals surface area contributed by atoms with Gasteiger partial charge in [-0.2, -0.15) is 0 Å². The Hall–Kier alpha value is 1.39. The molecule has 0 unspecified atom stereocenters. The van der Waals surface area contributed by atoms with Crippen molar-refractivity contribution in [3.8, 4) is 0 Å². The summed E-state index contributed by atoms with van der Waals surface area (Å²) in [7, 11) is 0. The van der Waals surface area contributed by atoms with Crippen LogP contribution in [-0.4, -0.2) is 42.9 Å². The van der Waals surface area contributed by atoms with E-state index in [2.05, 4.69) is 30.7 Å². The second kappa shape index (κ2) is 5.19.